The summed E-state index contributed by atoms with van der Waals surface area (Å²) in [5.74, 6) is -0.0531. The van der Waals surface area contributed by atoms with Gasteiger partial charge in [-0.05, 0) is 61.6 Å². The summed E-state index contributed by atoms with van der Waals surface area (Å²) in [7, 11) is 0. The Morgan fingerprint density at radius 2 is 2.14 bits per heavy atom. The van der Waals surface area contributed by atoms with Crippen LogP contribution < -0.4 is 4.74 Å². The highest BCUT2D eigenvalue weighted by Gasteiger charge is 2.15. The van der Waals surface area contributed by atoms with Crippen molar-refractivity contribution in [3.05, 3.63) is 34.9 Å². The van der Waals surface area contributed by atoms with Crippen LogP contribution in [0.15, 0.2) is 18.2 Å². The van der Waals surface area contributed by atoms with Crippen LogP contribution in [0.3, 0.4) is 0 Å². The summed E-state index contributed by atoms with van der Waals surface area (Å²) in [6, 6.07) is 3.88. The molecule has 0 aliphatic carbocycles. The van der Waals surface area contributed by atoms with E-state index in [1.807, 2.05) is 26.0 Å². The molecule has 0 spiro atoms. The van der Waals surface area contributed by atoms with Gasteiger partial charge in [0.2, 0.25) is 0 Å². The first-order valence-electron chi connectivity index (χ1n) is 7.33. The summed E-state index contributed by atoms with van der Waals surface area (Å²) in [5, 5.41) is 8.66. The van der Waals surface area contributed by atoms with E-state index in [4.69, 9.17) is 14.6 Å². The van der Waals surface area contributed by atoms with Gasteiger partial charge in [0.05, 0.1) is 12.7 Å². The first-order chi connectivity index (χ1) is 10.1. The summed E-state index contributed by atoms with van der Waals surface area (Å²) in [6.45, 7) is 5.48. The number of hydrogen-bond donors (Lipinski definition) is 1. The highest BCUT2D eigenvalue weighted by molar-refractivity contribution is 5.85. The molecule has 1 atom stereocenters. The maximum absolute atomic E-state index is 10.6. The average Bonchev–Trinajstić information content (AvgIpc) is 2.92. The van der Waals surface area contributed by atoms with Crippen molar-refractivity contribution in [2.45, 2.75) is 39.2 Å². The van der Waals surface area contributed by atoms with Crippen molar-refractivity contribution < 1.29 is 19.4 Å². The lowest BCUT2D eigenvalue weighted by Gasteiger charge is -2.15. The maximum atomic E-state index is 10.6. The van der Waals surface area contributed by atoms with Crippen molar-refractivity contribution in [3.8, 4) is 5.75 Å². The van der Waals surface area contributed by atoms with Crippen molar-refractivity contribution in [1.82, 2.24) is 0 Å². The van der Waals surface area contributed by atoms with Crippen LogP contribution in [0.1, 0.15) is 36.0 Å². The molecule has 1 aliphatic rings. The van der Waals surface area contributed by atoms with Crippen molar-refractivity contribution in [2.24, 2.45) is 0 Å². The Hall–Kier alpha value is -1.81. The smallest absolute Gasteiger partial charge is 0.328 e. The number of rotatable bonds is 6. The Labute approximate surface area is 125 Å². The fourth-order valence-corrected chi connectivity index (χ4v) is 2.64. The van der Waals surface area contributed by atoms with E-state index < -0.39 is 5.97 Å². The minimum absolute atomic E-state index is 0.336. The summed E-state index contributed by atoms with van der Waals surface area (Å²) in [6.07, 6.45) is 6.26. The van der Waals surface area contributed by atoms with Gasteiger partial charge in [0.1, 0.15) is 5.75 Å². The molecule has 0 bridgehead atoms. The summed E-state index contributed by atoms with van der Waals surface area (Å²) >= 11 is 0. The van der Waals surface area contributed by atoms with Gasteiger partial charge in [0.25, 0.3) is 0 Å². The maximum Gasteiger partial charge on any atom is 0.328 e. The van der Waals surface area contributed by atoms with Crippen LogP contribution in [0.5, 0.6) is 5.75 Å². The van der Waals surface area contributed by atoms with Gasteiger partial charge in [0.15, 0.2) is 0 Å². The van der Waals surface area contributed by atoms with Gasteiger partial charge >= 0.3 is 5.97 Å². The highest BCUT2D eigenvalue weighted by atomic mass is 16.5. The van der Waals surface area contributed by atoms with E-state index in [0.717, 1.165) is 54.4 Å². The molecular weight excluding hydrogens is 268 g/mol. The quantitative estimate of drug-likeness (QED) is 0.816. The monoisotopic (exact) mass is 290 g/mol. The average molecular weight is 290 g/mol. The second-order valence-electron chi connectivity index (χ2n) is 5.43. The van der Waals surface area contributed by atoms with Crippen LogP contribution in [0.4, 0.5) is 0 Å². The van der Waals surface area contributed by atoms with E-state index in [1.165, 1.54) is 0 Å². The van der Waals surface area contributed by atoms with Crippen LogP contribution in [-0.4, -0.2) is 30.4 Å². The standard InChI is InChI=1S/C17H22O4/c1-12-10-14(5-6-16(18)19)11-13(2)17(12)21-9-7-15-4-3-8-20-15/h5-6,10-11,15H,3-4,7-9H2,1-2H3,(H,18,19). The third-order valence-corrected chi connectivity index (χ3v) is 3.61. The molecule has 1 saturated heterocycles. The number of benzene rings is 1. The molecule has 4 heteroatoms. The zero-order valence-electron chi connectivity index (χ0n) is 12.6. The highest BCUT2D eigenvalue weighted by Crippen LogP contribution is 2.26. The minimum Gasteiger partial charge on any atom is -0.493 e. The predicted molar refractivity (Wildman–Crippen MR) is 81.7 cm³/mol. The summed E-state index contributed by atoms with van der Waals surface area (Å²) in [4.78, 5) is 10.6. The van der Waals surface area contributed by atoms with E-state index in [9.17, 15) is 4.79 Å². The summed E-state index contributed by atoms with van der Waals surface area (Å²) < 4.78 is 11.5. The van der Waals surface area contributed by atoms with Crippen molar-refractivity contribution in [1.29, 1.82) is 0 Å². The molecule has 21 heavy (non-hydrogen) atoms. The number of carboxylic acid groups (broad SMARTS) is 1. The second kappa shape index (κ2) is 7.27. The van der Waals surface area contributed by atoms with Gasteiger partial charge in [-0.25, -0.2) is 4.79 Å². The number of carboxylic acids is 1. The Morgan fingerprint density at radius 1 is 1.43 bits per heavy atom. The molecule has 0 aromatic heterocycles. The third kappa shape index (κ3) is 4.60. The molecule has 1 fully saturated rings. The van der Waals surface area contributed by atoms with Gasteiger partial charge in [-0.3, -0.25) is 0 Å². The zero-order chi connectivity index (χ0) is 15.2. The number of carbonyl (C=O) groups is 1. The number of hydrogen-bond acceptors (Lipinski definition) is 3. The molecule has 1 aromatic carbocycles. The molecule has 1 aromatic rings. The van der Waals surface area contributed by atoms with Gasteiger partial charge < -0.3 is 14.6 Å². The molecule has 1 heterocycles. The zero-order valence-corrected chi connectivity index (χ0v) is 12.6. The molecule has 1 N–H and O–H groups in total. The predicted octanol–water partition coefficient (Wildman–Crippen LogP) is 3.35. The number of ether oxygens (including phenoxy) is 2. The fraction of sp³-hybridized carbons (Fsp3) is 0.471. The Bertz CT molecular complexity index is 505. The normalized spacial score (nSPS) is 18.3. The van der Waals surface area contributed by atoms with E-state index in [0.29, 0.717) is 12.7 Å². The van der Waals surface area contributed by atoms with Crippen LogP contribution in [-0.2, 0) is 9.53 Å². The lowest BCUT2D eigenvalue weighted by Crippen LogP contribution is -2.11. The van der Waals surface area contributed by atoms with Crippen molar-refractivity contribution >= 4 is 12.0 Å². The molecule has 1 aliphatic heterocycles. The largest absolute Gasteiger partial charge is 0.493 e. The first-order valence-corrected chi connectivity index (χ1v) is 7.33. The van der Waals surface area contributed by atoms with Crippen LogP contribution >= 0.6 is 0 Å². The molecule has 0 saturated carbocycles. The number of aliphatic carboxylic acids is 1. The lowest BCUT2D eigenvalue weighted by atomic mass is 10.1. The molecule has 0 radical (unpaired) electrons. The molecule has 4 nitrogen and oxygen atoms in total. The van der Waals surface area contributed by atoms with Gasteiger partial charge in [-0.15, -0.1) is 0 Å². The van der Waals surface area contributed by atoms with E-state index in [2.05, 4.69) is 0 Å². The molecule has 114 valence electrons. The minimum atomic E-state index is -0.942. The van der Waals surface area contributed by atoms with Gasteiger partial charge in [-0.1, -0.05) is 0 Å². The topological polar surface area (TPSA) is 55.8 Å². The van der Waals surface area contributed by atoms with Crippen molar-refractivity contribution in [3.63, 3.8) is 0 Å². The summed E-state index contributed by atoms with van der Waals surface area (Å²) in [5.41, 5.74) is 2.92. The Kier molecular flexibility index (Phi) is 5.39. The third-order valence-electron chi connectivity index (χ3n) is 3.61. The molecule has 1 unspecified atom stereocenters. The molecule has 0 amide bonds. The Balaban J connectivity index is 1.97. The van der Waals surface area contributed by atoms with Crippen LogP contribution in [0.2, 0.25) is 0 Å². The van der Waals surface area contributed by atoms with E-state index >= 15 is 0 Å². The molecule has 2 rings (SSSR count). The van der Waals surface area contributed by atoms with Crippen LogP contribution in [0, 0.1) is 13.8 Å². The lowest BCUT2D eigenvalue weighted by molar-refractivity contribution is -0.131. The number of aryl methyl sites for hydroxylation is 2. The van der Waals surface area contributed by atoms with E-state index in [1.54, 1.807) is 6.08 Å². The second-order valence-corrected chi connectivity index (χ2v) is 5.43. The SMILES string of the molecule is Cc1cc(C=CC(=O)O)cc(C)c1OCCC1CCCO1. The van der Waals surface area contributed by atoms with E-state index in [-0.39, 0.29) is 0 Å². The van der Waals surface area contributed by atoms with Gasteiger partial charge in [-0.2, -0.15) is 0 Å². The van der Waals surface area contributed by atoms with Crippen molar-refractivity contribution in [2.75, 3.05) is 13.2 Å². The van der Waals surface area contributed by atoms with Crippen LogP contribution in [0.25, 0.3) is 6.08 Å². The first kappa shape index (κ1) is 15.6. The fourth-order valence-electron chi connectivity index (χ4n) is 2.64. The van der Waals surface area contributed by atoms with Gasteiger partial charge in [0, 0.05) is 19.1 Å². The Morgan fingerprint density at radius 3 is 2.71 bits per heavy atom. The molecular formula is C17H22O4.